The van der Waals surface area contributed by atoms with E-state index in [-0.39, 0.29) is 43.4 Å². The van der Waals surface area contributed by atoms with Gasteiger partial charge in [-0.25, -0.2) is 46.0 Å². The van der Waals surface area contributed by atoms with Crippen LogP contribution >= 0.6 is 22.7 Å². The molecule has 0 aliphatic carbocycles. The van der Waals surface area contributed by atoms with Crippen molar-refractivity contribution in [2.45, 2.75) is 23.6 Å². The van der Waals surface area contributed by atoms with Gasteiger partial charge in [0.15, 0.2) is 0 Å². The highest BCUT2D eigenvalue weighted by Crippen LogP contribution is 2.28. The minimum Gasteiger partial charge on any atom is -0.478 e. The molecule has 4 aromatic carbocycles. The van der Waals surface area contributed by atoms with Gasteiger partial charge in [-0.05, 0) is 86.6 Å². The Labute approximate surface area is 301 Å². The minimum absolute atomic E-state index is 0.0359. The maximum Gasteiger partial charge on any atom is 0.335 e. The van der Waals surface area contributed by atoms with Crippen molar-refractivity contribution in [1.29, 1.82) is 0 Å². The normalized spacial score (nSPS) is 11.4. The van der Waals surface area contributed by atoms with Crippen LogP contribution < -0.4 is 9.44 Å². The highest BCUT2D eigenvalue weighted by Gasteiger charge is 2.20. The number of thiazole rings is 2. The molecule has 0 aliphatic rings. The average Bonchev–Trinajstić information content (AvgIpc) is 3.63. The van der Waals surface area contributed by atoms with E-state index in [0.29, 0.717) is 20.4 Å². The number of carboxylic acid groups (broad SMARTS) is 4. The molecule has 20 heteroatoms. The summed E-state index contributed by atoms with van der Waals surface area (Å²) in [4.78, 5) is 53.0. The molecule has 16 nitrogen and oxygen atoms in total. The van der Waals surface area contributed by atoms with Gasteiger partial charge < -0.3 is 20.4 Å². The molecule has 268 valence electrons. The van der Waals surface area contributed by atoms with Crippen molar-refractivity contribution in [3.63, 3.8) is 0 Å². The highest BCUT2D eigenvalue weighted by molar-refractivity contribution is 7.93. The van der Waals surface area contributed by atoms with E-state index in [2.05, 4.69) is 19.4 Å². The second-order valence-electron chi connectivity index (χ2n) is 10.8. The second-order valence-corrected chi connectivity index (χ2v) is 16.6. The number of anilines is 2. The van der Waals surface area contributed by atoms with Gasteiger partial charge in [-0.15, -0.1) is 22.7 Å². The van der Waals surface area contributed by atoms with Gasteiger partial charge in [-0.3, -0.25) is 9.44 Å². The number of nitrogens with zero attached hydrogens (tertiary/aromatic N) is 2. The van der Waals surface area contributed by atoms with Crippen molar-refractivity contribution < 1.29 is 56.4 Å². The number of benzene rings is 4. The van der Waals surface area contributed by atoms with Crippen LogP contribution in [0.1, 0.15) is 51.4 Å². The van der Waals surface area contributed by atoms with Crippen LogP contribution in [0.25, 0.3) is 20.4 Å². The summed E-state index contributed by atoms with van der Waals surface area (Å²) >= 11 is 2.69. The van der Waals surface area contributed by atoms with Crippen molar-refractivity contribution >= 4 is 98.4 Å². The number of aromatic carboxylic acids is 4. The SMILES string of the molecule is Cc1nc2ccc(S(=O)(=O)Nc3cc(C(=O)O)cc(C(=O)O)c3)cc2s1.Cc1nc2ccc(S(=O)(=O)Nc3cc(C(=O)O)cc(C(=O)O)c3)cc2s1. The van der Waals surface area contributed by atoms with E-state index in [4.69, 9.17) is 20.4 Å². The number of carbonyl (C=O) groups is 4. The molecule has 0 saturated carbocycles. The number of nitrogens with one attached hydrogen (secondary N) is 2. The standard InChI is InChI=1S/2C16H12N2O6S2/c2*1-8-17-13-3-2-12(7-14(13)25-8)26(23,24)18-11-5-9(15(19)20)4-10(6-11)16(21)22/h2*2-7,18H,1H3,(H,19,20)(H,21,22). The lowest BCUT2D eigenvalue weighted by atomic mass is 10.1. The molecule has 0 saturated heterocycles. The lowest BCUT2D eigenvalue weighted by molar-refractivity contribution is 0.0676. The van der Waals surface area contributed by atoms with E-state index in [1.807, 2.05) is 13.8 Å². The first-order chi connectivity index (χ1) is 24.3. The highest BCUT2D eigenvalue weighted by atomic mass is 32.2. The zero-order valence-corrected chi connectivity index (χ0v) is 29.8. The Morgan fingerprint density at radius 3 is 1.12 bits per heavy atom. The Morgan fingerprint density at radius 1 is 0.519 bits per heavy atom. The van der Waals surface area contributed by atoms with Crippen LogP contribution in [0.5, 0.6) is 0 Å². The van der Waals surface area contributed by atoms with E-state index in [1.165, 1.54) is 46.9 Å². The summed E-state index contributed by atoms with van der Waals surface area (Å²) in [5.41, 5.74) is -0.301. The van der Waals surface area contributed by atoms with Gasteiger partial charge in [0.1, 0.15) is 0 Å². The number of sulfonamides is 2. The molecule has 0 aliphatic heterocycles. The van der Waals surface area contributed by atoms with Crippen LogP contribution in [-0.2, 0) is 20.0 Å². The van der Waals surface area contributed by atoms with E-state index in [1.54, 1.807) is 12.1 Å². The lowest BCUT2D eigenvalue weighted by Gasteiger charge is -2.10. The van der Waals surface area contributed by atoms with E-state index >= 15 is 0 Å². The Balaban J connectivity index is 0.000000201. The molecule has 6 rings (SSSR count). The number of fused-ring (bicyclic) bond motifs is 2. The number of aryl methyl sites for hydroxylation is 2. The predicted octanol–water partition coefficient (Wildman–Crippen LogP) is 5.60. The van der Waals surface area contributed by atoms with Crippen LogP contribution in [0.15, 0.2) is 82.6 Å². The molecule has 0 fully saturated rings. The summed E-state index contributed by atoms with van der Waals surface area (Å²) in [5.74, 6) is -5.46. The van der Waals surface area contributed by atoms with Crippen molar-refractivity contribution in [2.24, 2.45) is 0 Å². The van der Waals surface area contributed by atoms with E-state index < -0.39 is 43.9 Å². The Morgan fingerprint density at radius 2 is 0.827 bits per heavy atom. The van der Waals surface area contributed by atoms with Gasteiger partial charge in [-0.1, -0.05) is 0 Å². The first kappa shape index (κ1) is 37.3. The van der Waals surface area contributed by atoms with Crippen molar-refractivity contribution in [3.8, 4) is 0 Å². The second kappa shape index (κ2) is 14.3. The quantitative estimate of drug-likeness (QED) is 0.0987. The summed E-state index contributed by atoms with van der Waals surface area (Å²) in [6, 6.07) is 15.0. The molecule has 0 atom stereocenters. The number of hydrogen-bond acceptors (Lipinski definition) is 12. The van der Waals surface area contributed by atoms with Gasteiger partial charge in [0.25, 0.3) is 20.0 Å². The zero-order valence-electron chi connectivity index (χ0n) is 26.5. The van der Waals surface area contributed by atoms with Gasteiger partial charge in [0, 0.05) is 0 Å². The molecule has 0 amide bonds. The van der Waals surface area contributed by atoms with Crippen LogP contribution in [-0.4, -0.2) is 71.1 Å². The molecule has 0 unspecified atom stereocenters. The third kappa shape index (κ3) is 8.49. The van der Waals surface area contributed by atoms with E-state index in [9.17, 15) is 36.0 Å². The first-order valence-corrected chi connectivity index (χ1v) is 18.9. The maximum atomic E-state index is 12.6. The predicted molar refractivity (Wildman–Crippen MR) is 191 cm³/mol. The molecule has 2 heterocycles. The number of rotatable bonds is 10. The maximum absolute atomic E-state index is 12.6. The molecular formula is C32H24N4O12S4. The fraction of sp³-hybridized carbons (Fsp3) is 0.0625. The molecule has 0 radical (unpaired) electrons. The van der Waals surface area contributed by atoms with Gasteiger partial charge in [0.05, 0.1) is 73.9 Å². The average molecular weight is 785 g/mol. The van der Waals surface area contributed by atoms with E-state index in [0.717, 1.165) is 46.4 Å². The fourth-order valence-corrected chi connectivity index (χ4v) is 8.68. The van der Waals surface area contributed by atoms with Crippen molar-refractivity contribution in [1.82, 2.24) is 9.97 Å². The third-order valence-corrected chi connectivity index (χ3v) is 11.5. The van der Waals surface area contributed by atoms with Gasteiger partial charge >= 0.3 is 23.9 Å². The number of hydrogen-bond donors (Lipinski definition) is 6. The van der Waals surface area contributed by atoms with Crippen LogP contribution in [0.4, 0.5) is 11.4 Å². The Hall–Kier alpha value is -5.96. The Bertz CT molecular complexity index is 2420. The van der Waals surface area contributed by atoms with Crippen LogP contribution in [0, 0.1) is 13.8 Å². The molecular weight excluding hydrogens is 761 g/mol. The summed E-state index contributed by atoms with van der Waals surface area (Å²) in [7, 11) is -8.07. The molecule has 0 bridgehead atoms. The molecule has 2 aromatic heterocycles. The monoisotopic (exact) mass is 784 g/mol. The zero-order chi connectivity index (χ0) is 38.1. The molecule has 52 heavy (non-hydrogen) atoms. The Kier molecular flexibility index (Phi) is 10.3. The van der Waals surface area contributed by atoms with Crippen molar-refractivity contribution in [3.05, 3.63) is 105 Å². The minimum atomic E-state index is -4.04. The molecule has 6 N–H and O–H groups in total. The number of aromatic nitrogens is 2. The van der Waals surface area contributed by atoms with Crippen LogP contribution in [0.2, 0.25) is 0 Å². The third-order valence-electron chi connectivity index (χ3n) is 6.91. The summed E-state index contributed by atoms with van der Waals surface area (Å²) in [6.45, 7) is 3.61. The largest absolute Gasteiger partial charge is 0.478 e. The summed E-state index contributed by atoms with van der Waals surface area (Å²) < 4.78 is 56.2. The topological polar surface area (TPSA) is 267 Å². The van der Waals surface area contributed by atoms with Gasteiger partial charge in [-0.2, -0.15) is 0 Å². The fourth-order valence-electron chi connectivity index (χ4n) is 4.67. The smallest absolute Gasteiger partial charge is 0.335 e. The summed E-state index contributed by atoms with van der Waals surface area (Å²) in [6.07, 6.45) is 0. The summed E-state index contributed by atoms with van der Waals surface area (Å²) in [5, 5.41) is 37.9. The molecule has 0 spiro atoms. The molecule has 6 aromatic rings. The number of carboxylic acids is 4. The van der Waals surface area contributed by atoms with Crippen molar-refractivity contribution in [2.75, 3.05) is 9.44 Å². The van der Waals surface area contributed by atoms with Crippen LogP contribution in [0.3, 0.4) is 0 Å². The first-order valence-electron chi connectivity index (χ1n) is 14.3. The lowest BCUT2D eigenvalue weighted by Crippen LogP contribution is -2.14. The van der Waals surface area contributed by atoms with Gasteiger partial charge in [0.2, 0.25) is 0 Å².